The number of carbonyl (C=O) groups is 1. The lowest BCUT2D eigenvalue weighted by molar-refractivity contribution is -0.126. The fourth-order valence-electron chi connectivity index (χ4n) is 4.82. The third-order valence-corrected chi connectivity index (χ3v) is 8.32. The molecule has 4 aromatic rings. The van der Waals surface area contributed by atoms with E-state index in [4.69, 9.17) is 11.6 Å². The highest BCUT2D eigenvalue weighted by atomic mass is 35.5. The van der Waals surface area contributed by atoms with Crippen LogP contribution in [0, 0.1) is 5.82 Å². The van der Waals surface area contributed by atoms with Crippen LogP contribution in [0.25, 0.3) is 10.2 Å². The first kappa shape index (κ1) is 24.9. The van der Waals surface area contributed by atoms with Crippen molar-refractivity contribution < 1.29 is 9.18 Å². The maximum absolute atomic E-state index is 13.6. The Labute approximate surface area is 229 Å². The van der Waals surface area contributed by atoms with Crippen LogP contribution >= 0.6 is 22.9 Å². The molecule has 1 fully saturated rings. The number of nitrogens with zero attached hydrogens (tertiary/aromatic N) is 5. The molecule has 1 N–H and O–H groups in total. The van der Waals surface area contributed by atoms with Crippen LogP contribution in [0.5, 0.6) is 0 Å². The Hall–Kier alpha value is -3.40. The molecule has 1 aliphatic heterocycles. The van der Waals surface area contributed by atoms with E-state index in [2.05, 4.69) is 31.2 Å². The molecule has 1 amide bonds. The average Bonchev–Trinajstić information content (AvgIpc) is 3.70. The number of pyridine rings is 1. The van der Waals surface area contributed by atoms with Crippen molar-refractivity contribution in [2.24, 2.45) is 0 Å². The second-order valence-electron chi connectivity index (χ2n) is 9.59. The summed E-state index contributed by atoms with van der Waals surface area (Å²) < 4.78 is 13.6. The number of hydrogen-bond donors (Lipinski definition) is 1. The van der Waals surface area contributed by atoms with Crippen molar-refractivity contribution in [1.29, 1.82) is 0 Å². The molecule has 38 heavy (non-hydrogen) atoms. The quantitative estimate of drug-likeness (QED) is 0.284. The van der Waals surface area contributed by atoms with Crippen LogP contribution in [0.4, 0.5) is 15.9 Å². The average molecular weight is 549 g/mol. The summed E-state index contributed by atoms with van der Waals surface area (Å²) in [5.74, 6) is 0.213. The van der Waals surface area contributed by atoms with Gasteiger partial charge in [0.05, 0.1) is 17.0 Å². The van der Waals surface area contributed by atoms with E-state index in [0.29, 0.717) is 30.6 Å². The number of rotatable bonds is 8. The summed E-state index contributed by atoms with van der Waals surface area (Å²) in [4.78, 5) is 32.4. The summed E-state index contributed by atoms with van der Waals surface area (Å²) in [6.07, 6.45) is 12.0. The summed E-state index contributed by atoms with van der Waals surface area (Å²) in [5, 5.41) is 4.26. The number of fused-ring (bicyclic) bond motifs is 3. The van der Waals surface area contributed by atoms with Crippen LogP contribution in [-0.4, -0.2) is 49.8 Å². The minimum atomic E-state index is -0.467. The first-order chi connectivity index (χ1) is 18.5. The normalized spacial score (nSPS) is 15.4. The molecular weight excluding hydrogens is 523 g/mol. The van der Waals surface area contributed by atoms with Gasteiger partial charge in [0, 0.05) is 54.7 Å². The molecule has 0 saturated heterocycles. The van der Waals surface area contributed by atoms with Crippen molar-refractivity contribution in [2.75, 3.05) is 18.4 Å². The van der Waals surface area contributed by atoms with E-state index in [9.17, 15) is 9.18 Å². The highest BCUT2D eigenvalue weighted by molar-refractivity contribution is 7.19. The molecule has 0 radical (unpaired) electrons. The maximum Gasteiger partial charge on any atom is 0.246 e. The lowest BCUT2D eigenvalue weighted by atomic mass is 10.0. The molecule has 2 aliphatic rings. The number of nitrogens with one attached hydrogen (secondary N) is 1. The molecular formula is C28H26ClFN6OS. The van der Waals surface area contributed by atoms with Gasteiger partial charge in [-0.15, -0.1) is 11.3 Å². The molecule has 194 valence electrons. The van der Waals surface area contributed by atoms with Crippen molar-refractivity contribution >= 4 is 50.6 Å². The molecule has 7 nitrogen and oxygen atoms in total. The van der Waals surface area contributed by atoms with Crippen LogP contribution in [-0.2, 0) is 24.3 Å². The highest BCUT2D eigenvalue weighted by Gasteiger charge is 2.29. The van der Waals surface area contributed by atoms with Gasteiger partial charge in [0.1, 0.15) is 22.8 Å². The van der Waals surface area contributed by atoms with Gasteiger partial charge in [-0.05, 0) is 54.7 Å². The number of aromatic nitrogens is 3. The SMILES string of the molecule is O=C(C=CCN(Cc1cccnc1)C1CC1)N1CCc2c(sc3ncnc(Nc4ccc(F)c(Cl)c4)c23)C1. The molecule has 6 rings (SSSR count). The first-order valence-electron chi connectivity index (χ1n) is 12.6. The second-order valence-corrected chi connectivity index (χ2v) is 11.1. The Morgan fingerprint density at radius 2 is 2.18 bits per heavy atom. The van der Waals surface area contributed by atoms with Crippen LogP contribution in [0.2, 0.25) is 5.02 Å². The molecule has 0 unspecified atom stereocenters. The van der Waals surface area contributed by atoms with E-state index >= 15 is 0 Å². The molecule has 0 atom stereocenters. The number of anilines is 2. The summed E-state index contributed by atoms with van der Waals surface area (Å²) in [6.45, 7) is 2.75. The van der Waals surface area contributed by atoms with Gasteiger partial charge in [-0.3, -0.25) is 14.7 Å². The fourth-order valence-corrected chi connectivity index (χ4v) is 6.21. The van der Waals surface area contributed by atoms with Gasteiger partial charge in [-0.2, -0.15) is 0 Å². The number of halogens is 2. The Bertz CT molecular complexity index is 1510. The lowest BCUT2D eigenvalue weighted by Crippen LogP contribution is -2.34. The number of hydrogen-bond acceptors (Lipinski definition) is 7. The molecule has 10 heteroatoms. The van der Waals surface area contributed by atoms with Crippen molar-refractivity contribution in [2.45, 2.75) is 38.4 Å². The smallest absolute Gasteiger partial charge is 0.246 e. The topological polar surface area (TPSA) is 74.2 Å². The summed E-state index contributed by atoms with van der Waals surface area (Å²) in [6, 6.07) is 9.13. The monoisotopic (exact) mass is 548 g/mol. The fraction of sp³-hybridized carbons (Fsp3) is 0.286. The number of benzene rings is 1. The molecule has 0 spiro atoms. The van der Waals surface area contributed by atoms with E-state index in [1.165, 1.54) is 36.9 Å². The molecule has 0 bridgehead atoms. The van der Waals surface area contributed by atoms with Crippen LogP contribution in [0.3, 0.4) is 0 Å². The third kappa shape index (κ3) is 5.41. The van der Waals surface area contributed by atoms with E-state index in [-0.39, 0.29) is 10.9 Å². The van der Waals surface area contributed by atoms with Crippen LogP contribution in [0.1, 0.15) is 28.8 Å². The predicted octanol–water partition coefficient (Wildman–Crippen LogP) is 5.73. The minimum Gasteiger partial charge on any atom is -0.340 e. The van der Waals surface area contributed by atoms with Crippen LogP contribution in [0.15, 0.2) is 61.2 Å². The van der Waals surface area contributed by atoms with Gasteiger partial charge in [0.25, 0.3) is 0 Å². The first-order valence-corrected chi connectivity index (χ1v) is 13.8. The number of thiophene rings is 1. The second kappa shape index (κ2) is 10.8. The van der Waals surface area contributed by atoms with Crippen molar-refractivity contribution in [3.05, 3.63) is 88.0 Å². The number of amides is 1. The zero-order valence-corrected chi connectivity index (χ0v) is 22.2. The van der Waals surface area contributed by atoms with E-state index in [1.807, 2.05) is 23.2 Å². The van der Waals surface area contributed by atoms with Gasteiger partial charge in [-0.1, -0.05) is 23.7 Å². The summed E-state index contributed by atoms with van der Waals surface area (Å²) >= 11 is 7.54. The van der Waals surface area contributed by atoms with Crippen molar-refractivity contribution in [3.8, 4) is 0 Å². The third-order valence-electron chi connectivity index (χ3n) is 6.90. The van der Waals surface area contributed by atoms with E-state index in [1.54, 1.807) is 29.7 Å². The van der Waals surface area contributed by atoms with Gasteiger partial charge in [-0.25, -0.2) is 14.4 Å². The minimum absolute atomic E-state index is 0.0237. The largest absolute Gasteiger partial charge is 0.340 e. The zero-order chi connectivity index (χ0) is 26.1. The van der Waals surface area contributed by atoms with Crippen LogP contribution < -0.4 is 5.32 Å². The van der Waals surface area contributed by atoms with E-state index in [0.717, 1.165) is 40.2 Å². The van der Waals surface area contributed by atoms with Gasteiger partial charge >= 0.3 is 0 Å². The van der Waals surface area contributed by atoms with E-state index < -0.39 is 5.82 Å². The number of carbonyl (C=O) groups excluding carboxylic acids is 1. The zero-order valence-electron chi connectivity index (χ0n) is 20.6. The Balaban J connectivity index is 1.14. The molecule has 1 aliphatic carbocycles. The van der Waals surface area contributed by atoms with Crippen molar-refractivity contribution in [1.82, 2.24) is 24.8 Å². The summed E-state index contributed by atoms with van der Waals surface area (Å²) in [7, 11) is 0. The van der Waals surface area contributed by atoms with Crippen molar-refractivity contribution in [3.63, 3.8) is 0 Å². The predicted molar refractivity (Wildman–Crippen MR) is 148 cm³/mol. The Morgan fingerprint density at radius 1 is 1.29 bits per heavy atom. The Kier molecular flexibility index (Phi) is 7.06. The molecule has 4 heterocycles. The molecule has 3 aromatic heterocycles. The lowest BCUT2D eigenvalue weighted by Gasteiger charge is -2.26. The maximum atomic E-state index is 13.6. The van der Waals surface area contributed by atoms with Gasteiger partial charge in [0.2, 0.25) is 5.91 Å². The molecule has 1 aromatic carbocycles. The highest BCUT2D eigenvalue weighted by Crippen LogP contribution is 2.38. The van der Waals surface area contributed by atoms with Gasteiger partial charge in [0.15, 0.2) is 0 Å². The Morgan fingerprint density at radius 3 is 2.97 bits per heavy atom. The van der Waals surface area contributed by atoms with Gasteiger partial charge < -0.3 is 10.2 Å². The molecule has 1 saturated carbocycles. The summed E-state index contributed by atoms with van der Waals surface area (Å²) in [5.41, 5.74) is 3.00. The standard InChI is InChI=1S/C28H26ClFN6OS/c29-22-13-19(5-8-23(22)30)34-27-26-21-9-12-36(16-24(21)38-28(26)33-17-32-27)25(37)4-2-11-35(20-6-7-20)15-18-3-1-10-31-14-18/h1-5,8,10,13-14,17,20H,6-7,9,11-12,15-16H2,(H,32,33,34).